The van der Waals surface area contributed by atoms with Crippen molar-refractivity contribution in [3.63, 3.8) is 0 Å². The number of benzene rings is 3. The largest absolute Gasteiger partial charge is 0.289 e. The summed E-state index contributed by atoms with van der Waals surface area (Å²) in [6, 6.07) is 20.1. The van der Waals surface area contributed by atoms with Crippen LogP contribution in [-0.4, -0.2) is 21.9 Å². The Bertz CT molecular complexity index is 1410. The van der Waals surface area contributed by atoms with Crippen molar-refractivity contribution in [1.29, 1.82) is 0 Å². The first-order chi connectivity index (χ1) is 17.1. The van der Waals surface area contributed by atoms with Gasteiger partial charge in [-0.3, -0.25) is 9.48 Å². The van der Waals surface area contributed by atoms with Crippen molar-refractivity contribution < 1.29 is 13.6 Å². The molecule has 0 bridgehead atoms. The Labute approximate surface area is 213 Å². The molecule has 3 aromatic carbocycles. The zero-order chi connectivity index (χ0) is 25.9. The molecule has 0 aliphatic heterocycles. The van der Waals surface area contributed by atoms with E-state index in [2.05, 4.69) is 48.5 Å². The third-order valence-electron chi connectivity index (χ3n) is 5.64. The molecule has 0 saturated carbocycles. The number of amides is 1. The summed E-state index contributed by atoms with van der Waals surface area (Å²) in [5, 5.41) is 9.09. The molecule has 1 amide bonds. The second kappa shape index (κ2) is 10.4. The van der Waals surface area contributed by atoms with E-state index in [1.807, 2.05) is 24.3 Å². The summed E-state index contributed by atoms with van der Waals surface area (Å²) < 4.78 is 28.6. The van der Waals surface area contributed by atoms with Crippen molar-refractivity contribution in [3.05, 3.63) is 112 Å². The SMILES string of the molecule is CC(C)(C)c1ccc(Cn2nc(-c3ccc(Cl)cc3)cc2C(=O)N/N=C/c2ccc(F)cc2F)cc1. The zero-order valence-corrected chi connectivity index (χ0v) is 20.9. The van der Waals surface area contributed by atoms with E-state index in [1.54, 1.807) is 22.9 Å². The Hall–Kier alpha value is -3.84. The molecule has 36 heavy (non-hydrogen) atoms. The number of aromatic nitrogens is 2. The highest BCUT2D eigenvalue weighted by molar-refractivity contribution is 6.30. The van der Waals surface area contributed by atoms with Crippen LogP contribution >= 0.6 is 11.6 Å². The first-order valence-electron chi connectivity index (χ1n) is 11.3. The number of hydrazone groups is 1. The number of nitrogens with zero attached hydrogens (tertiary/aromatic N) is 3. The Morgan fingerprint density at radius 1 is 1.03 bits per heavy atom. The minimum atomic E-state index is -0.776. The minimum absolute atomic E-state index is 0.0268. The summed E-state index contributed by atoms with van der Waals surface area (Å²) in [6.07, 6.45) is 1.12. The van der Waals surface area contributed by atoms with Crippen LogP contribution in [0.5, 0.6) is 0 Å². The number of rotatable bonds is 6. The summed E-state index contributed by atoms with van der Waals surface area (Å²) in [7, 11) is 0. The molecule has 0 saturated heterocycles. The number of halogens is 3. The number of nitrogens with one attached hydrogen (secondary N) is 1. The van der Waals surface area contributed by atoms with Gasteiger partial charge in [-0.2, -0.15) is 10.2 Å². The van der Waals surface area contributed by atoms with Gasteiger partial charge in [0.1, 0.15) is 17.3 Å². The standard InChI is InChI=1S/C28H25ClF2N4O/c1-28(2,3)21-9-4-18(5-10-21)17-35-26(15-25(34-35)19-6-11-22(29)12-7-19)27(36)33-32-16-20-8-13-23(30)14-24(20)31/h4-16H,17H2,1-3H3,(H,33,36)/b32-16+. The molecule has 0 unspecified atom stereocenters. The molecule has 0 atom stereocenters. The second-order valence-electron chi connectivity index (χ2n) is 9.39. The van der Waals surface area contributed by atoms with E-state index in [0.717, 1.165) is 29.5 Å². The van der Waals surface area contributed by atoms with Crippen LogP contribution in [-0.2, 0) is 12.0 Å². The van der Waals surface area contributed by atoms with Gasteiger partial charge in [-0.05, 0) is 46.9 Å². The molecule has 8 heteroatoms. The van der Waals surface area contributed by atoms with Gasteiger partial charge in [0.05, 0.1) is 18.5 Å². The average molecular weight is 507 g/mol. The van der Waals surface area contributed by atoms with Gasteiger partial charge in [0.2, 0.25) is 0 Å². The second-order valence-corrected chi connectivity index (χ2v) is 9.83. The van der Waals surface area contributed by atoms with Gasteiger partial charge in [0.25, 0.3) is 5.91 Å². The van der Waals surface area contributed by atoms with Crippen molar-refractivity contribution in [2.45, 2.75) is 32.7 Å². The highest BCUT2D eigenvalue weighted by atomic mass is 35.5. The van der Waals surface area contributed by atoms with Crippen molar-refractivity contribution in [2.24, 2.45) is 5.10 Å². The maximum atomic E-state index is 13.9. The van der Waals surface area contributed by atoms with Gasteiger partial charge in [-0.25, -0.2) is 14.2 Å². The van der Waals surface area contributed by atoms with Crippen LogP contribution in [0.25, 0.3) is 11.3 Å². The fraction of sp³-hybridized carbons (Fsp3) is 0.179. The van der Waals surface area contributed by atoms with E-state index in [0.29, 0.717) is 17.3 Å². The predicted molar refractivity (Wildman–Crippen MR) is 138 cm³/mol. The number of hydrogen-bond donors (Lipinski definition) is 1. The highest BCUT2D eigenvalue weighted by Crippen LogP contribution is 2.24. The third kappa shape index (κ3) is 6.04. The molecule has 0 spiro atoms. The van der Waals surface area contributed by atoms with E-state index in [4.69, 9.17) is 11.6 Å². The fourth-order valence-corrected chi connectivity index (χ4v) is 3.71. The van der Waals surface area contributed by atoms with E-state index >= 15 is 0 Å². The van der Waals surface area contributed by atoms with Gasteiger partial charge in [-0.15, -0.1) is 0 Å². The molecule has 1 aromatic heterocycles. The van der Waals surface area contributed by atoms with E-state index in [1.165, 1.54) is 11.6 Å². The highest BCUT2D eigenvalue weighted by Gasteiger charge is 2.18. The molecular formula is C28H25ClF2N4O. The fourth-order valence-electron chi connectivity index (χ4n) is 3.59. The molecule has 5 nitrogen and oxygen atoms in total. The van der Waals surface area contributed by atoms with Crippen LogP contribution in [0.2, 0.25) is 5.02 Å². The molecule has 4 aromatic rings. The molecule has 0 radical (unpaired) electrons. The van der Waals surface area contributed by atoms with Crippen LogP contribution in [0, 0.1) is 11.6 Å². The Balaban J connectivity index is 1.61. The zero-order valence-electron chi connectivity index (χ0n) is 20.1. The minimum Gasteiger partial charge on any atom is -0.266 e. The normalized spacial score (nSPS) is 11.7. The summed E-state index contributed by atoms with van der Waals surface area (Å²) in [5.74, 6) is -1.99. The van der Waals surface area contributed by atoms with Gasteiger partial charge >= 0.3 is 0 Å². The molecule has 184 valence electrons. The Kier molecular flexibility index (Phi) is 7.31. The van der Waals surface area contributed by atoms with Crippen molar-refractivity contribution in [3.8, 4) is 11.3 Å². The van der Waals surface area contributed by atoms with E-state index in [-0.39, 0.29) is 16.7 Å². The number of carbonyl (C=O) groups is 1. The van der Waals surface area contributed by atoms with Gasteiger partial charge in [0.15, 0.2) is 0 Å². The summed E-state index contributed by atoms with van der Waals surface area (Å²) in [6.45, 7) is 6.80. The lowest BCUT2D eigenvalue weighted by Gasteiger charge is -2.19. The quantitative estimate of drug-likeness (QED) is 0.237. The summed E-state index contributed by atoms with van der Waals surface area (Å²) >= 11 is 6.01. The monoisotopic (exact) mass is 506 g/mol. The molecule has 1 N–H and O–H groups in total. The van der Waals surface area contributed by atoms with Gasteiger partial charge in [0, 0.05) is 22.2 Å². The summed E-state index contributed by atoms with van der Waals surface area (Å²) in [4.78, 5) is 13.0. The lowest BCUT2D eigenvalue weighted by Crippen LogP contribution is -2.22. The third-order valence-corrected chi connectivity index (χ3v) is 5.89. The first kappa shape index (κ1) is 25.3. The van der Waals surface area contributed by atoms with Gasteiger partial charge in [-0.1, -0.05) is 68.8 Å². The van der Waals surface area contributed by atoms with Crippen LogP contribution in [0.15, 0.2) is 77.9 Å². The smallest absolute Gasteiger partial charge is 0.266 e. The van der Waals surface area contributed by atoms with Crippen LogP contribution < -0.4 is 5.43 Å². The van der Waals surface area contributed by atoms with Crippen molar-refractivity contribution >= 4 is 23.7 Å². The molecule has 0 aliphatic rings. The Morgan fingerprint density at radius 3 is 2.36 bits per heavy atom. The van der Waals surface area contributed by atoms with E-state index in [9.17, 15) is 13.6 Å². The maximum Gasteiger partial charge on any atom is 0.289 e. The molecule has 0 aliphatic carbocycles. The molecule has 0 fully saturated rings. The lowest BCUT2D eigenvalue weighted by molar-refractivity contribution is 0.0945. The maximum absolute atomic E-state index is 13.9. The van der Waals surface area contributed by atoms with Crippen molar-refractivity contribution in [1.82, 2.24) is 15.2 Å². The van der Waals surface area contributed by atoms with Crippen LogP contribution in [0.1, 0.15) is 48.0 Å². The van der Waals surface area contributed by atoms with Crippen LogP contribution in [0.4, 0.5) is 8.78 Å². The number of hydrogen-bond acceptors (Lipinski definition) is 3. The van der Waals surface area contributed by atoms with Gasteiger partial charge < -0.3 is 0 Å². The number of carbonyl (C=O) groups excluding carboxylic acids is 1. The molecule has 1 heterocycles. The summed E-state index contributed by atoms with van der Waals surface area (Å²) in [5.41, 5.74) is 6.32. The molecular weight excluding hydrogens is 482 g/mol. The molecule has 4 rings (SSSR count). The van der Waals surface area contributed by atoms with Crippen LogP contribution in [0.3, 0.4) is 0 Å². The van der Waals surface area contributed by atoms with Crippen molar-refractivity contribution in [2.75, 3.05) is 0 Å². The predicted octanol–water partition coefficient (Wildman–Crippen LogP) is 6.59. The first-order valence-corrected chi connectivity index (χ1v) is 11.7. The van der Waals surface area contributed by atoms with E-state index < -0.39 is 17.5 Å². The topological polar surface area (TPSA) is 59.3 Å². The lowest BCUT2D eigenvalue weighted by atomic mass is 9.87. The average Bonchev–Trinajstić information content (AvgIpc) is 3.24. The Morgan fingerprint density at radius 2 is 1.72 bits per heavy atom.